The van der Waals surface area contributed by atoms with Gasteiger partial charge in [-0.05, 0) is 37.5 Å². The van der Waals surface area contributed by atoms with Gasteiger partial charge in [-0.2, -0.15) is 0 Å². The second kappa shape index (κ2) is 11.2. The fourth-order valence-corrected chi connectivity index (χ4v) is 3.16. The van der Waals surface area contributed by atoms with E-state index in [-0.39, 0.29) is 24.6 Å². The minimum Gasteiger partial charge on any atom is -0.379 e. The number of Topliss-reactive ketones (excluding diaryl/α,β-unsaturated/α-hetero) is 1. The molecule has 31 heavy (non-hydrogen) atoms. The van der Waals surface area contributed by atoms with E-state index in [0.29, 0.717) is 30.5 Å². The number of fused-ring (bicyclic) bond motifs is 1. The van der Waals surface area contributed by atoms with Crippen LogP contribution in [0.15, 0.2) is 53.3 Å². The van der Waals surface area contributed by atoms with Crippen LogP contribution in [0.2, 0.25) is 0 Å². The molecule has 0 bridgehead atoms. The highest BCUT2D eigenvalue weighted by Gasteiger charge is 2.13. The van der Waals surface area contributed by atoms with Crippen molar-refractivity contribution in [2.45, 2.75) is 32.6 Å². The molecule has 0 aliphatic rings. The van der Waals surface area contributed by atoms with Gasteiger partial charge in [0.05, 0.1) is 24.2 Å². The molecule has 0 radical (unpaired) electrons. The Morgan fingerprint density at radius 3 is 2.61 bits per heavy atom. The summed E-state index contributed by atoms with van der Waals surface area (Å²) in [4.78, 5) is 43.0. The molecule has 3 aromatic rings. The van der Waals surface area contributed by atoms with Crippen molar-refractivity contribution < 1.29 is 14.3 Å². The van der Waals surface area contributed by atoms with Crippen LogP contribution in [0, 0.1) is 6.92 Å². The van der Waals surface area contributed by atoms with Gasteiger partial charge in [-0.1, -0.05) is 42.0 Å². The zero-order valence-electron chi connectivity index (χ0n) is 17.6. The third-order valence-electron chi connectivity index (χ3n) is 4.91. The number of para-hydroxylation sites is 2. The minimum atomic E-state index is -0.553. The van der Waals surface area contributed by atoms with Crippen molar-refractivity contribution in [1.29, 1.82) is 0 Å². The van der Waals surface area contributed by atoms with Gasteiger partial charge in [0.25, 0.3) is 11.5 Å². The summed E-state index contributed by atoms with van der Waals surface area (Å²) >= 11 is 0. The predicted molar refractivity (Wildman–Crippen MR) is 119 cm³/mol. The van der Waals surface area contributed by atoms with Crippen molar-refractivity contribution in [3.63, 3.8) is 0 Å². The van der Waals surface area contributed by atoms with Crippen LogP contribution in [0.4, 0.5) is 0 Å². The second-order valence-electron chi connectivity index (χ2n) is 7.43. The van der Waals surface area contributed by atoms with Crippen LogP contribution in [0.3, 0.4) is 0 Å². The van der Waals surface area contributed by atoms with Crippen molar-refractivity contribution in [3.8, 4) is 0 Å². The zero-order valence-corrected chi connectivity index (χ0v) is 17.6. The van der Waals surface area contributed by atoms with Crippen LogP contribution >= 0.6 is 0 Å². The highest BCUT2D eigenvalue weighted by molar-refractivity contribution is 5.93. The average molecular weight is 421 g/mol. The Labute approximate surface area is 180 Å². The monoisotopic (exact) mass is 421 g/mol. The predicted octanol–water partition coefficient (Wildman–Crippen LogP) is 2.96. The molecule has 1 heterocycles. The lowest BCUT2D eigenvalue weighted by molar-refractivity contribution is -0.120. The van der Waals surface area contributed by atoms with E-state index in [4.69, 9.17) is 4.74 Å². The van der Waals surface area contributed by atoms with Gasteiger partial charge >= 0.3 is 0 Å². The number of benzene rings is 2. The molecule has 0 unspecified atom stereocenters. The molecule has 2 aromatic carbocycles. The number of aromatic nitrogens is 2. The van der Waals surface area contributed by atoms with Crippen molar-refractivity contribution in [1.82, 2.24) is 15.3 Å². The van der Waals surface area contributed by atoms with Crippen LogP contribution < -0.4 is 10.9 Å². The molecule has 1 aromatic heterocycles. The first-order valence-corrected chi connectivity index (χ1v) is 10.4. The van der Waals surface area contributed by atoms with Crippen LogP contribution in [0.25, 0.3) is 11.0 Å². The highest BCUT2D eigenvalue weighted by atomic mass is 16.5. The maximum atomic E-state index is 12.2. The molecule has 0 atom stereocenters. The molecule has 0 aliphatic heterocycles. The summed E-state index contributed by atoms with van der Waals surface area (Å²) in [5.41, 5.74) is 2.88. The van der Waals surface area contributed by atoms with Gasteiger partial charge in [0, 0.05) is 19.4 Å². The SMILES string of the molecule is Cc1ccc(CCCC(=O)CCOCCNC(=O)c2nc3ccccc3[nH]c2=O)cc1. The normalized spacial score (nSPS) is 10.9. The van der Waals surface area contributed by atoms with E-state index in [1.807, 2.05) is 0 Å². The Kier molecular flexibility index (Phi) is 8.06. The Bertz CT molecular complexity index is 1090. The Hall–Kier alpha value is -3.32. The van der Waals surface area contributed by atoms with Crippen LogP contribution in [-0.2, 0) is 16.0 Å². The maximum Gasteiger partial charge on any atom is 0.280 e. The molecule has 3 rings (SSSR count). The lowest BCUT2D eigenvalue weighted by Crippen LogP contribution is -2.33. The van der Waals surface area contributed by atoms with Gasteiger partial charge in [0.2, 0.25) is 0 Å². The Morgan fingerprint density at radius 1 is 1.03 bits per heavy atom. The van der Waals surface area contributed by atoms with E-state index in [9.17, 15) is 14.4 Å². The van der Waals surface area contributed by atoms with Gasteiger partial charge in [0.15, 0.2) is 5.69 Å². The molecule has 2 N–H and O–H groups in total. The Morgan fingerprint density at radius 2 is 1.81 bits per heavy atom. The summed E-state index contributed by atoms with van der Waals surface area (Å²) < 4.78 is 5.43. The maximum absolute atomic E-state index is 12.2. The van der Waals surface area contributed by atoms with Crippen molar-refractivity contribution in [2.75, 3.05) is 19.8 Å². The summed E-state index contributed by atoms with van der Waals surface area (Å²) in [5, 5.41) is 2.62. The molecular formula is C24H27N3O4. The summed E-state index contributed by atoms with van der Waals surface area (Å²) in [7, 11) is 0. The first-order chi connectivity index (χ1) is 15.0. The molecule has 0 saturated carbocycles. The number of nitrogens with zero attached hydrogens (tertiary/aromatic N) is 1. The fourth-order valence-electron chi connectivity index (χ4n) is 3.16. The van der Waals surface area contributed by atoms with Crippen molar-refractivity contribution >= 4 is 22.7 Å². The number of rotatable bonds is 11. The first-order valence-electron chi connectivity index (χ1n) is 10.4. The van der Waals surface area contributed by atoms with Crippen LogP contribution in [-0.4, -0.2) is 41.4 Å². The summed E-state index contributed by atoms with van der Waals surface area (Å²) in [6.45, 7) is 2.86. The summed E-state index contributed by atoms with van der Waals surface area (Å²) in [5.74, 6) is -0.383. The number of amides is 1. The standard InChI is InChI=1S/C24H27N3O4/c1-17-9-11-18(12-10-17)5-4-6-19(28)13-15-31-16-14-25-23(29)22-24(30)27-21-8-3-2-7-20(21)26-22/h2-3,7-12H,4-6,13-16H2,1H3,(H,25,29)(H,27,30). The number of aryl methyl sites for hydroxylation is 2. The smallest absolute Gasteiger partial charge is 0.280 e. The number of nitrogens with one attached hydrogen (secondary N) is 2. The minimum absolute atomic E-state index is 0.169. The van der Waals surface area contributed by atoms with E-state index >= 15 is 0 Å². The quantitative estimate of drug-likeness (QED) is 0.464. The number of ether oxygens (including phenoxy) is 1. The number of H-pyrrole nitrogens is 1. The molecule has 7 heteroatoms. The molecule has 162 valence electrons. The number of ketones is 1. The van der Waals surface area contributed by atoms with E-state index < -0.39 is 11.5 Å². The number of carbonyl (C=O) groups is 2. The third kappa shape index (κ3) is 6.86. The van der Waals surface area contributed by atoms with E-state index in [0.717, 1.165) is 12.8 Å². The van der Waals surface area contributed by atoms with E-state index in [1.54, 1.807) is 24.3 Å². The first kappa shape index (κ1) is 22.4. The van der Waals surface area contributed by atoms with Gasteiger partial charge in [-0.3, -0.25) is 14.4 Å². The molecule has 1 amide bonds. The number of aromatic amines is 1. The van der Waals surface area contributed by atoms with Crippen molar-refractivity contribution in [3.05, 3.63) is 75.7 Å². The molecule has 0 spiro atoms. The van der Waals surface area contributed by atoms with E-state index in [2.05, 4.69) is 46.5 Å². The van der Waals surface area contributed by atoms with Crippen LogP contribution in [0.5, 0.6) is 0 Å². The molecule has 7 nitrogen and oxygen atoms in total. The average Bonchev–Trinajstić information content (AvgIpc) is 2.77. The Balaban J connectivity index is 1.30. The highest BCUT2D eigenvalue weighted by Crippen LogP contribution is 2.08. The molecule has 0 fully saturated rings. The van der Waals surface area contributed by atoms with Crippen molar-refractivity contribution in [2.24, 2.45) is 0 Å². The van der Waals surface area contributed by atoms with E-state index in [1.165, 1.54) is 11.1 Å². The fraction of sp³-hybridized carbons (Fsp3) is 0.333. The molecule has 0 aliphatic carbocycles. The number of hydrogen-bond acceptors (Lipinski definition) is 5. The number of carbonyl (C=O) groups excluding carboxylic acids is 2. The largest absolute Gasteiger partial charge is 0.379 e. The zero-order chi connectivity index (χ0) is 22.1. The van der Waals surface area contributed by atoms with Crippen LogP contribution in [0.1, 0.15) is 40.9 Å². The lowest BCUT2D eigenvalue weighted by atomic mass is 10.0. The van der Waals surface area contributed by atoms with Gasteiger partial charge < -0.3 is 15.0 Å². The third-order valence-corrected chi connectivity index (χ3v) is 4.91. The topological polar surface area (TPSA) is 101 Å². The molecular weight excluding hydrogens is 394 g/mol. The molecule has 0 saturated heterocycles. The van der Waals surface area contributed by atoms with Gasteiger partial charge in [-0.25, -0.2) is 4.98 Å². The second-order valence-corrected chi connectivity index (χ2v) is 7.43. The van der Waals surface area contributed by atoms with Gasteiger partial charge in [0.1, 0.15) is 5.78 Å². The lowest BCUT2D eigenvalue weighted by Gasteiger charge is -2.07. The summed E-state index contributed by atoms with van der Waals surface area (Å²) in [6.07, 6.45) is 2.60. The van der Waals surface area contributed by atoms with Gasteiger partial charge in [-0.15, -0.1) is 0 Å². The number of hydrogen-bond donors (Lipinski definition) is 2. The summed E-state index contributed by atoms with van der Waals surface area (Å²) in [6, 6.07) is 15.4.